The Kier molecular flexibility index (Phi) is 3.93. The highest BCUT2D eigenvalue weighted by Gasteiger charge is 2.16. The Balaban J connectivity index is 2.06. The Morgan fingerprint density at radius 1 is 1.12 bits per heavy atom. The van der Waals surface area contributed by atoms with E-state index in [0.717, 1.165) is 32.6 Å². The van der Waals surface area contributed by atoms with Crippen molar-refractivity contribution in [2.75, 3.05) is 38.1 Å². The highest BCUT2D eigenvalue weighted by atomic mass is 16.4. The molecule has 0 radical (unpaired) electrons. The zero-order valence-corrected chi connectivity index (χ0v) is 9.95. The number of aromatic nitrogens is 2. The molecule has 6 nitrogen and oxygen atoms in total. The minimum atomic E-state index is -1.50. The molecule has 17 heavy (non-hydrogen) atoms. The number of hydrogen-bond acceptors (Lipinski definition) is 6. The van der Waals surface area contributed by atoms with Crippen LogP contribution < -0.4 is 10.4 Å². The maximum Gasteiger partial charge on any atom is 0.491 e. The van der Waals surface area contributed by atoms with Crippen LogP contribution in [-0.2, 0) is 0 Å². The van der Waals surface area contributed by atoms with Gasteiger partial charge in [-0.2, -0.15) is 0 Å². The summed E-state index contributed by atoms with van der Waals surface area (Å²) in [4.78, 5) is 12.7. The van der Waals surface area contributed by atoms with E-state index in [0.29, 0.717) is 11.4 Å². The van der Waals surface area contributed by atoms with Gasteiger partial charge in [0.25, 0.3) is 0 Å². The molecule has 0 atom stereocenters. The first kappa shape index (κ1) is 12.3. The predicted octanol–water partition coefficient (Wildman–Crippen LogP) is -1.70. The number of hydrogen-bond donors (Lipinski definition) is 2. The molecule has 0 aromatic carbocycles. The first-order chi connectivity index (χ1) is 8.16. The molecule has 2 heterocycles. The summed E-state index contributed by atoms with van der Waals surface area (Å²) in [6.45, 7) is 3.92. The summed E-state index contributed by atoms with van der Waals surface area (Å²) in [6.07, 6.45) is 4.01. The number of rotatable bonds is 2. The van der Waals surface area contributed by atoms with Gasteiger partial charge in [-0.15, -0.1) is 0 Å². The Bertz CT molecular complexity index is 360. The van der Waals surface area contributed by atoms with Crippen LogP contribution in [0.25, 0.3) is 0 Å². The van der Waals surface area contributed by atoms with Crippen molar-refractivity contribution in [1.29, 1.82) is 0 Å². The van der Waals surface area contributed by atoms with Crippen LogP contribution in [0.5, 0.6) is 0 Å². The van der Waals surface area contributed by atoms with Gasteiger partial charge in [-0.3, -0.25) is 0 Å². The van der Waals surface area contributed by atoms with E-state index in [1.165, 1.54) is 12.4 Å². The van der Waals surface area contributed by atoms with E-state index in [2.05, 4.69) is 26.8 Å². The number of nitrogens with zero attached hydrogens (tertiary/aromatic N) is 4. The monoisotopic (exact) mass is 236 g/mol. The minimum absolute atomic E-state index is 0.320. The van der Waals surface area contributed by atoms with Crippen LogP contribution in [0.3, 0.4) is 0 Å². The fourth-order valence-corrected chi connectivity index (χ4v) is 1.87. The van der Waals surface area contributed by atoms with Gasteiger partial charge >= 0.3 is 7.12 Å². The first-order valence-electron chi connectivity index (χ1n) is 5.78. The molecule has 1 aromatic rings. The molecule has 0 saturated carbocycles. The molecule has 0 amide bonds. The van der Waals surface area contributed by atoms with Crippen molar-refractivity contribution in [2.24, 2.45) is 0 Å². The van der Waals surface area contributed by atoms with Crippen molar-refractivity contribution in [2.45, 2.75) is 6.42 Å². The summed E-state index contributed by atoms with van der Waals surface area (Å²) in [5.74, 6) is 0.657. The number of anilines is 1. The van der Waals surface area contributed by atoms with Crippen LogP contribution in [0.15, 0.2) is 12.4 Å². The molecule has 0 unspecified atom stereocenters. The molecule has 7 heteroatoms. The lowest BCUT2D eigenvalue weighted by Gasteiger charge is -2.20. The summed E-state index contributed by atoms with van der Waals surface area (Å²) in [5, 5.41) is 17.9. The van der Waals surface area contributed by atoms with Crippen molar-refractivity contribution in [3.8, 4) is 0 Å². The molecule has 92 valence electrons. The van der Waals surface area contributed by atoms with Crippen molar-refractivity contribution in [3.63, 3.8) is 0 Å². The molecule has 0 aliphatic carbocycles. The van der Waals surface area contributed by atoms with Crippen molar-refractivity contribution in [3.05, 3.63) is 12.4 Å². The Morgan fingerprint density at radius 2 is 1.82 bits per heavy atom. The SMILES string of the molecule is CN1CCCN(c2ncc(B(O)O)cn2)CC1. The average molecular weight is 236 g/mol. The Morgan fingerprint density at radius 3 is 2.47 bits per heavy atom. The molecular formula is C10H17BN4O2. The lowest BCUT2D eigenvalue weighted by Crippen LogP contribution is -2.33. The summed E-state index contributed by atoms with van der Waals surface area (Å²) in [7, 11) is 0.606. The normalized spacial score (nSPS) is 17.9. The largest absolute Gasteiger partial charge is 0.491 e. The first-order valence-corrected chi connectivity index (χ1v) is 5.78. The van der Waals surface area contributed by atoms with Gasteiger partial charge in [-0.05, 0) is 20.0 Å². The fraction of sp³-hybridized carbons (Fsp3) is 0.600. The molecule has 0 bridgehead atoms. The molecule has 1 aromatic heterocycles. The van der Waals surface area contributed by atoms with Crippen molar-refractivity contribution >= 4 is 18.5 Å². The van der Waals surface area contributed by atoms with E-state index < -0.39 is 7.12 Å². The molecule has 2 rings (SSSR count). The van der Waals surface area contributed by atoms with Crippen molar-refractivity contribution < 1.29 is 10.0 Å². The van der Waals surface area contributed by atoms with E-state index in [-0.39, 0.29) is 0 Å². The van der Waals surface area contributed by atoms with E-state index in [9.17, 15) is 0 Å². The van der Waals surface area contributed by atoms with Gasteiger partial charge in [-0.25, -0.2) is 9.97 Å². The molecule has 1 saturated heterocycles. The van der Waals surface area contributed by atoms with Crippen LogP contribution >= 0.6 is 0 Å². The zero-order valence-electron chi connectivity index (χ0n) is 9.95. The lowest BCUT2D eigenvalue weighted by molar-refractivity contribution is 0.360. The topological polar surface area (TPSA) is 72.7 Å². The third-order valence-electron chi connectivity index (χ3n) is 2.96. The van der Waals surface area contributed by atoms with E-state index in [4.69, 9.17) is 10.0 Å². The van der Waals surface area contributed by atoms with Gasteiger partial charge in [-0.1, -0.05) is 0 Å². The highest BCUT2D eigenvalue weighted by Crippen LogP contribution is 2.08. The molecule has 2 N–H and O–H groups in total. The van der Waals surface area contributed by atoms with Crippen LogP contribution in [0.1, 0.15) is 6.42 Å². The second-order valence-corrected chi connectivity index (χ2v) is 4.33. The summed E-state index contributed by atoms with van der Waals surface area (Å²) in [6, 6.07) is 0. The molecular weight excluding hydrogens is 219 g/mol. The Labute approximate surface area is 101 Å². The lowest BCUT2D eigenvalue weighted by atomic mass is 9.83. The third kappa shape index (κ3) is 3.15. The van der Waals surface area contributed by atoms with Crippen LogP contribution in [0, 0.1) is 0 Å². The molecule has 0 spiro atoms. The van der Waals surface area contributed by atoms with Gasteiger partial charge in [0.1, 0.15) is 0 Å². The average Bonchev–Trinajstić information content (AvgIpc) is 2.54. The van der Waals surface area contributed by atoms with Gasteiger partial charge in [0.2, 0.25) is 5.95 Å². The standard InChI is InChI=1S/C10H17BN4O2/c1-14-3-2-4-15(6-5-14)10-12-7-9(8-13-10)11(16)17/h7-8,16-17H,2-6H2,1H3. The zero-order chi connectivity index (χ0) is 12.3. The van der Waals surface area contributed by atoms with Gasteiger partial charge in [0, 0.05) is 37.5 Å². The molecule has 1 aliphatic rings. The summed E-state index contributed by atoms with van der Waals surface area (Å²) >= 11 is 0. The smallest absolute Gasteiger partial charge is 0.423 e. The predicted molar refractivity (Wildman–Crippen MR) is 66.2 cm³/mol. The van der Waals surface area contributed by atoms with E-state index in [1.54, 1.807) is 0 Å². The summed E-state index contributed by atoms with van der Waals surface area (Å²) in [5.41, 5.74) is 0.320. The van der Waals surface area contributed by atoms with Crippen molar-refractivity contribution in [1.82, 2.24) is 14.9 Å². The van der Waals surface area contributed by atoms with Crippen LogP contribution in [-0.4, -0.2) is 65.3 Å². The quantitative estimate of drug-likeness (QED) is 0.596. The second kappa shape index (κ2) is 5.44. The van der Waals surface area contributed by atoms with Crippen LogP contribution in [0.2, 0.25) is 0 Å². The highest BCUT2D eigenvalue weighted by molar-refractivity contribution is 6.58. The maximum absolute atomic E-state index is 8.96. The van der Waals surface area contributed by atoms with E-state index >= 15 is 0 Å². The second-order valence-electron chi connectivity index (χ2n) is 4.33. The maximum atomic E-state index is 8.96. The molecule has 1 aliphatic heterocycles. The van der Waals surface area contributed by atoms with Gasteiger partial charge < -0.3 is 19.8 Å². The molecule has 1 fully saturated rings. The van der Waals surface area contributed by atoms with Crippen LogP contribution in [0.4, 0.5) is 5.95 Å². The Hall–Kier alpha value is -1.18. The van der Waals surface area contributed by atoms with Gasteiger partial charge in [0.05, 0.1) is 0 Å². The third-order valence-corrected chi connectivity index (χ3v) is 2.96. The van der Waals surface area contributed by atoms with E-state index in [1.807, 2.05) is 0 Å². The number of likely N-dealkylation sites (N-methyl/N-ethyl adjacent to an activating group) is 1. The summed E-state index contributed by atoms with van der Waals surface area (Å²) < 4.78 is 0. The minimum Gasteiger partial charge on any atom is -0.423 e. The van der Waals surface area contributed by atoms with Gasteiger partial charge in [0.15, 0.2) is 0 Å². The fourth-order valence-electron chi connectivity index (χ4n) is 1.87.